The van der Waals surface area contributed by atoms with E-state index in [-0.39, 0.29) is 5.57 Å². The van der Waals surface area contributed by atoms with Crippen LogP contribution in [0, 0.1) is 11.3 Å². The summed E-state index contributed by atoms with van der Waals surface area (Å²) in [5.41, 5.74) is 4.23. The molecule has 0 saturated carbocycles. The lowest BCUT2D eigenvalue weighted by molar-refractivity contribution is -0.132. The summed E-state index contributed by atoms with van der Waals surface area (Å²) in [7, 11) is 0. The van der Waals surface area contributed by atoms with Gasteiger partial charge in [-0.2, -0.15) is 5.26 Å². The molecule has 222 valence electrons. The lowest BCUT2D eigenvalue weighted by atomic mass is 9.93. The maximum atomic E-state index is 11.2. The van der Waals surface area contributed by atoms with E-state index in [2.05, 4.69) is 96.4 Å². The van der Waals surface area contributed by atoms with E-state index in [1.165, 1.54) is 55.2 Å². The summed E-state index contributed by atoms with van der Waals surface area (Å²) in [4.78, 5) is 20.6. The summed E-state index contributed by atoms with van der Waals surface area (Å²) in [5.74, 6) is -0.219. The predicted molar refractivity (Wildman–Crippen MR) is 192 cm³/mol. The fraction of sp³-hybridized carbons (Fsp3) is 0.103. The molecular formula is C39H27N3O2S2. The topological polar surface area (TPSA) is 78.9 Å². The van der Waals surface area contributed by atoms with Gasteiger partial charge in [0.1, 0.15) is 17.5 Å². The van der Waals surface area contributed by atoms with Crippen molar-refractivity contribution in [3.63, 3.8) is 0 Å². The second-order valence-electron chi connectivity index (χ2n) is 11.4. The Bertz CT molecular complexity index is 2510. The highest BCUT2D eigenvalue weighted by Gasteiger charge is 2.21. The van der Waals surface area contributed by atoms with Gasteiger partial charge in [0.25, 0.3) is 0 Å². The molecule has 0 aliphatic rings. The first-order valence-electron chi connectivity index (χ1n) is 15.3. The summed E-state index contributed by atoms with van der Waals surface area (Å²) in [6, 6.07) is 36.2. The molecule has 0 aliphatic heterocycles. The number of hydrogen-bond donors (Lipinski definition) is 1. The van der Waals surface area contributed by atoms with Gasteiger partial charge in [-0.25, -0.2) is 9.78 Å². The number of nitrogens with zero attached hydrogens (tertiary/aromatic N) is 3. The van der Waals surface area contributed by atoms with Crippen LogP contribution in [0.1, 0.15) is 24.6 Å². The maximum Gasteiger partial charge on any atom is 0.346 e. The second-order valence-corrected chi connectivity index (χ2v) is 13.6. The van der Waals surface area contributed by atoms with E-state index in [0.717, 1.165) is 61.4 Å². The van der Waals surface area contributed by atoms with Gasteiger partial charge < -0.3 is 9.67 Å². The van der Waals surface area contributed by atoms with Crippen molar-refractivity contribution in [2.45, 2.75) is 26.3 Å². The predicted octanol–water partition coefficient (Wildman–Crippen LogP) is 10.8. The van der Waals surface area contributed by atoms with Crippen LogP contribution in [-0.2, 0) is 11.3 Å². The molecule has 0 radical (unpaired) electrons. The van der Waals surface area contributed by atoms with Crippen LogP contribution >= 0.6 is 22.7 Å². The van der Waals surface area contributed by atoms with E-state index in [9.17, 15) is 9.90 Å². The van der Waals surface area contributed by atoms with E-state index in [1.807, 2.05) is 12.1 Å². The van der Waals surface area contributed by atoms with E-state index in [0.29, 0.717) is 0 Å². The van der Waals surface area contributed by atoms with Gasteiger partial charge in [-0.05, 0) is 63.9 Å². The first-order chi connectivity index (χ1) is 22.5. The van der Waals surface area contributed by atoms with E-state index in [1.54, 1.807) is 17.4 Å². The Kier molecular flexibility index (Phi) is 6.90. The Morgan fingerprint density at radius 3 is 2.20 bits per heavy atom. The van der Waals surface area contributed by atoms with E-state index < -0.39 is 5.97 Å². The van der Waals surface area contributed by atoms with Crippen molar-refractivity contribution < 1.29 is 9.90 Å². The molecule has 0 aliphatic carbocycles. The number of benzene rings is 5. The van der Waals surface area contributed by atoms with Crippen molar-refractivity contribution in [2.75, 3.05) is 0 Å². The number of imidazole rings is 1. The third-order valence-corrected chi connectivity index (χ3v) is 11.0. The number of fused-ring (bicyclic) bond motifs is 3. The SMILES string of the molecule is CCCCn1c(-c2ccc(-c3ccc(-c4ccc(/C=C(\C#N)C(=O)O)s4)s3)cc2)nc2c3cccc4ccc5cccc(c5c43)c21. The summed E-state index contributed by atoms with van der Waals surface area (Å²) in [6.45, 7) is 3.14. The molecule has 8 rings (SSSR count). The zero-order valence-electron chi connectivity index (χ0n) is 24.9. The minimum absolute atomic E-state index is 0.268. The molecule has 5 aromatic carbocycles. The third kappa shape index (κ3) is 4.57. The number of aryl methyl sites for hydroxylation is 1. The van der Waals surface area contributed by atoms with E-state index in [4.69, 9.17) is 10.2 Å². The Morgan fingerprint density at radius 1 is 0.826 bits per heavy atom. The minimum Gasteiger partial charge on any atom is -0.477 e. The van der Waals surface area contributed by atoms with Crippen molar-refractivity contribution >= 4 is 78.1 Å². The Balaban J connectivity index is 1.20. The highest BCUT2D eigenvalue weighted by Crippen LogP contribution is 2.43. The molecule has 0 atom stereocenters. The Hall–Kier alpha value is -5.29. The maximum absolute atomic E-state index is 11.2. The van der Waals surface area contributed by atoms with Gasteiger partial charge in [0, 0.05) is 42.4 Å². The van der Waals surface area contributed by atoms with Crippen LogP contribution in [0.25, 0.3) is 81.0 Å². The normalized spacial score (nSPS) is 12.1. The fourth-order valence-electron chi connectivity index (χ4n) is 6.47. The first-order valence-corrected chi connectivity index (χ1v) is 16.9. The molecule has 8 aromatic rings. The number of thiophene rings is 2. The van der Waals surface area contributed by atoms with Crippen molar-refractivity contribution in [2.24, 2.45) is 0 Å². The summed E-state index contributed by atoms with van der Waals surface area (Å²) in [5, 5.41) is 25.9. The van der Waals surface area contributed by atoms with Gasteiger partial charge in [-0.15, -0.1) is 22.7 Å². The smallest absolute Gasteiger partial charge is 0.346 e. The number of aliphatic carboxylic acids is 1. The Morgan fingerprint density at radius 2 is 1.48 bits per heavy atom. The lowest BCUT2D eigenvalue weighted by Crippen LogP contribution is -2.01. The standard InChI is InChI=1S/C39H27N3O2S2/c1-2-3-20-42-37-30-9-5-7-25-13-12-24-6-4-8-29(34(24)35(25)30)36(37)41-38(42)26-14-10-23(11-15-26)31-18-19-33(46-31)32-17-16-28(45-32)21-27(22-40)39(43)44/h4-19,21H,2-3,20H2,1H3,(H,43,44)/b27-21+. The molecule has 0 bridgehead atoms. The number of carboxylic acid groups (broad SMARTS) is 1. The van der Waals surface area contributed by atoms with Crippen LogP contribution in [0.5, 0.6) is 0 Å². The zero-order valence-corrected chi connectivity index (χ0v) is 26.6. The second kappa shape index (κ2) is 11.3. The van der Waals surface area contributed by atoms with Gasteiger partial charge in [-0.1, -0.05) is 86.1 Å². The van der Waals surface area contributed by atoms with Crippen LogP contribution < -0.4 is 0 Å². The van der Waals surface area contributed by atoms with Gasteiger partial charge in [-0.3, -0.25) is 0 Å². The molecule has 1 N–H and O–H groups in total. The highest BCUT2D eigenvalue weighted by atomic mass is 32.1. The van der Waals surface area contributed by atoms with Crippen molar-refractivity contribution in [3.05, 3.63) is 108 Å². The van der Waals surface area contributed by atoms with E-state index >= 15 is 0 Å². The van der Waals surface area contributed by atoms with Crippen LogP contribution in [0.4, 0.5) is 0 Å². The average Bonchev–Trinajstić information content (AvgIpc) is 3.84. The van der Waals surface area contributed by atoms with Gasteiger partial charge in [0.15, 0.2) is 0 Å². The van der Waals surface area contributed by atoms with Crippen LogP contribution in [0.15, 0.2) is 103 Å². The number of carbonyl (C=O) groups is 1. The average molecular weight is 634 g/mol. The molecule has 0 fully saturated rings. The van der Waals surface area contributed by atoms with Crippen LogP contribution in [0.2, 0.25) is 0 Å². The molecule has 5 nitrogen and oxygen atoms in total. The summed E-state index contributed by atoms with van der Waals surface area (Å²) < 4.78 is 2.44. The molecule has 0 saturated heterocycles. The third-order valence-electron chi connectivity index (χ3n) is 8.64. The monoisotopic (exact) mass is 633 g/mol. The number of nitriles is 1. The van der Waals surface area contributed by atoms with Crippen molar-refractivity contribution in [1.82, 2.24) is 9.55 Å². The first kappa shape index (κ1) is 28.2. The molecule has 46 heavy (non-hydrogen) atoms. The molecule has 3 aromatic heterocycles. The quantitative estimate of drug-likeness (QED) is 0.103. The van der Waals surface area contributed by atoms with Crippen LogP contribution in [-0.4, -0.2) is 20.6 Å². The number of carboxylic acids is 1. The number of unbranched alkanes of at least 4 members (excludes halogenated alkanes) is 1. The molecule has 7 heteroatoms. The minimum atomic E-state index is -1.22. The number of hydrogen-bond acceptors (Lipinski definition) is 5. The molecule has 3 heterocycles. The van der Waals surface area contributed by atoms with Gasteiger partial charge in [0.2, 0.25) is 0 Å². The molecule has 0 amide bonds. The molecule has 0 unspecified atom stereocenters. The zero-order chi connectivity index (χ0) is 31.4. The summed E-state index contributed by atoms with van der Waals surface area (Å²) >= 11 is 3.17. The van der Waals surface area contributed by atoms with Crippen molar-refractivity contribution in [1.29, 1.82) is 5.26 Å². The molecular weight excluding hydrogens is 607 g/mol. The Labute approximate surface area is 273 Å². The number of aromatic nitrogens is 2. The summed E-state index contributed by atoms with van der Waals surface area (Å²) in [6.07, 6.45) is 3.59. The number of rotatable bonds is 8. The van der Waals surface area contributed by atoms with Crippen LogP contribution in [0.3, 0.4) is 0 Å². The van der Waals surface area contributed by atoms with Crippen molar-refractivity contribution in [3.8, 4) is 37.7 Å². The fourth-order valence-corrected chi connectivity index (χ4v) is 8.53. The highest BCUT2D eigenvalue weighted by molar-refractivity contribution is 7.24. The molecule has 0 spiro atoms. The lowest BCUT2D eigenvalue weighted by Gasteiger charge is -2.14. The van der Waals surface area contributed by atoms with Gasteiger partial charge >= 0.3 is 5.97 Å². The van der Waals surface area contributed by atoms with Gasteiger partial charge in [0.05, 0.1) is 11.0 Å². The largest absolute Gasteiger partial charge is 0.477 e.